The van der Waals surface area contributed by atoms with E-state index in [2.05, 4.69) is 25.5 Å². The Morgan fingerprint density at radius 1 is 1.36 bits per heavy atom. The summed E-state index contributed by atoms with van der Waals surface area (Å²) in [7, 11) is 1.34. The summed E-state index contributed by atoms with van der Waals surface area (Å²) in [6.07, 6.45) is 0. The average Bonchev–Trinajstić information content (AvgIpc) is 2.64. The fourth-order valence-electron chi connectivity index (χ4n) is 1.14. The molecule has 3 nitrogen and oxygen atoms in total. The van der Waals surface area contributed by atoms with Crippen LogP contribution < -0.4 is 0 Å². The van der Waals surface area contributed by atoms with Gasteiger partial charge in [0.15, 0.2) is 0 Å². The van der Waals surface area contributed by atoms with Crippen LogP contribution in [0.2, 0.25) is 0 Å². The molecular formula is C11H16O3. The average molecular weight is 196 g/mol. The van der Waals surface area contributed by atoms with Crippen LogP contribution in [0.3, 0.4) is 0 Å². The van der Waals surface area contributed by atoms with Gasteiger partial charge in [0.2, 0.25) is 5.76 Å². The Bertz CT molecular complexity index is 312. The number of carbonyl (C=O) groups excluding carboxylic acids is 1. The van der Waals surface area contributed by atoms with Crippen molar-refractivity contribution in [3.63, 3.8) is 0 Å². The van der Waals surface area contributed by atoms with Gasteiger partial charge in [0.05, 0.1) is 7.11 Å². The standard InChI is InChI=1S/C11H16O3/c1-7(2)8(3)9-5-6-10(14-9)11(12)13-4/h5-8H,1-4H3. The first-order valence-corrected chi connectivity index (χ1v) is 4.74. The molecule has 0 amide bonds. The SMILES string of the molecule is COC(=O)c1ccc(C(C)C(C)C)o1. The molecule has 0 saturated carbocycles. The highest BCUT2D eigenvalue weighted by atomic mass is 16.5. The van der Waals surface area contributed by atoms with Crippen molar-refractivity contribution in [3.05, 3.63) is 23.7 Å². The Kier molecular flexibility index (Phi) is 3.33. The van der Waals surface area contributed by atoms with Gasteiger partial charge in [-0.25, -0.2) is 4.79 Å². The van der Waals surface area contributed by atoms with Gasteiger partial charge < -0.3 is 9.15 Å². The summed E-state index contributed by atoms with van der Waals surface area (Å²) in [5.74, 6) is 1.49. The third-order valence-corrected chi connectivity index (χ3v) is 2.46. The van der Waals surface area contributed by atoms with Gasteiger partial charge in [-0.3, -0.25) is 0 Å². The van der Waals surface area contributed by atoms with E-state index in [4.69, 9.17) is 4.42 Å². The zero-order valence-electron chi connectivity index (χ0n) is 9.03. The van der Waals surface area contributed by atoms with Crippen LogP contribution in [-0.4, -0.2) is 13.1 Å². The summed E-state index contributed by atoms with van der Waals surface area (Å²) in [6, 6.07) is 3.48. The van der Waals surface area contributed by atoms with Crippen molar-refractivity contribution in [1.29, 1.82) is 0 Å². The lowest BCUT2D eigenvalue weighted by Crippen LogP contribution is -2.01. The summed E-state index contributed by atoms with van der Waals surface area (Å²) in [6.45, 7) is 6.31. The molecule has 1 aromatic rings. The van der Waals surface area contributed by atoms with Gasteiger partial charge in [0.25, 0.3) is 0 Å². The second-order valence-electron chi connectivity index (χ2n) is 3.73. The Hall–Kier alpha value is -1.25. The maximum atomic E-state index is 11.1. The summed E-state index contributed by atoms with van der Waals surface area (Å²) in [5, 5.41) is 0. The van der Waals surface area contributed by atoms with E-state index in [9.17, 15) is 4.79 Å². The van der Waals surface area contributed by atoms with Crippen LogP contribution in [0.4, 0.5) is 0 Å². The number of ether oxygens (including phenoxy) is 1. The van der Waals surface area contributed by atoms with E-state index in [0.29, 0.717) is 11.8 Å². The van der Waals surface area contributed by atoms with Crippen molar-refractivity contribution in [2.45, 2.75) is 26.7 Å². The van der Waals surface area contributed by atoms with Gasteiger partial charge in [-0.05, 0) is 18.1 Å². The minimum Gasteiger partial charge on any atom is -0.463 e. The molecule has 0 aliphatic rings. The fraction of sp³-hybridized carbons (Fsp3) is 0.545. The van der Waals surface area contributed by atoms with Crippen molar-refractivity contribution in [2.75, 3.05) is 7.11 Å². The molecule has 0 aromatic carbocycles. The predicted molar refractivity (Wildman–Crippen MR) is 53.3 cm³/mol. The monoisotopic (exact) mass is 196 g/mol. The topological polar surface area (TPSA) is 39.4 Å². The van der Waals surface area contributed by atoms with Crippen molar-refractivity contribution >= 4 is 5.97 Å². The molecule has 0 aliphatic carbocycles. The van der Waals surface area contributed by atoms with Crippen LogP contribution in [0.5, 0.6) is 0 Å². The molecule has 1 rings (SSSR count). The fourth-order valence-corrected chi connectivity index (χ4v) is 1.14. The van der Waals surface area contributed by atoms with Crippen LogP contribution in [-0.2, 0) is 4.74 Å². The van der Waals surface area contributed by atoms with Gasteiger partial charge in [-0.15, -0.1) is 0 Å². The molecule has 3 heteroatoms. The zero-order chi connectivity index (χ0) is 10.7. The first-order valence-electron chi connectivity index (χ1n) is 4.74. The number of methoxy groups -OCH3 is 1. The summed E-state index contributed by atoms with van der Waals surface area (Å²) < 4.78 is 9.94. The molecule has 78 valence electrons. The minimum atomic E-state index is -0.424. The van der Waals surface area contributed by atoms with E-state index in [1.54, 1.807) is 6.07 Å². The Balaban J connectivity index is 2.82. The van der Waals surface area contributed by atoms with Crippen LogP contribution in [0.15, 0.2) is 16.5 Å². The molecular weight excluding hydrogens is 180 g/mol. The van der Waals surface area contributed by atoms with Gasteiger partial charge in [0, 0.05) is 5.92 Å². The van der Waals surface area contributed by atoms with E-state index >= 15 is 0 Å². The first kappa shape index (κ1) is 10.8. The maximum absolute atomic E-state index is 11.1. The lowest BCUT2D eigenvalue weighted by atomic mass is 9.96. The van der Waals surface area contributed by atoms with Crippen molar-refractivity contribution in [2.24, 2.45) is 5.92 Å². The molecule has 14 heavy (non-hydrogen) atoms. The Morgan fingerprint density at radius 3 is 2.50 bits per heavy atom. The highest BCUT2D eigenvalue weighted by Gasteiger charge is 2.17. The van der Waals surface area contributed by atoms with Gasteiger partial charge >= 0.3 is 5.97 Å². The molecule has 0 spiro atoms. The van der Waals surface area contributed by atoms with Crippen molar-refractivity contribution in [3.8, 4) is 0 Å². The van der Waals surface area contributed by atoms with E-state index in [-0.39, 0.29) is 5.76 Å². The number of hydrogen-bond acceptors (Lipinski definition) is 3. The van der Waals surface area contributed by atoms with Crippen LogP contribution in [0.25, 0.3) is 0 Å². The normalized spacial score (nSPS) is 12.9. The predicted octanol–water partition coefficient (Wildman–Crippen LogP) is 2.83. The number of esters is 1. The molecule has 0 N–H and O–H groups in total. The molecule has 1 aromatic heterocycles. The Labute approximate surface area is 84.1 Å². The van der Waals surface area contributed by atoms with E-state index in [1.165, 1.54) is 7.11 Å². The largest absolute Gasteiger partial charge is 0.463 e. The summed E-state index contributed by atoms with van der Waals surface area (Å²) in [4.78, 5) is 11.1. The van der Waals surface area contributed by atoms with Crippen LogP contribution >= 0.6 is 0 Å². The van der Waals surface area contributed by atoms with E-state index in [1.807, 2.05) is 6.07 Å². The third-order valence-electron chi connectivity index (χ3n) is 2.46. The first-order chi connectivity index (χ1) is 6.56. The highest BCUT2D eigenvalue weighted by Crippen LogP contribution is 2.25. The van der Waals surface area contributed by atoms with Crippen molar-refractivity contribution in [1.82, 2.24) is 0 Å². The molecule has 0 aliphatic heterocycles. The van der Waals surface area contributed by atoms with Crippen LogP contribution in [0.1, 0.15) is 43.0 Å². The third kappa shape index (κ3) is 2.16. The van der Waals surface area contributed by atoms with Crippen LogP contribution in [0, 0.1) is 5.92 Å². The maximum Gasteiger partial charge on any atom is 0.373 e. The Morgan fingerprint density at radius 2 is 2.00 bits per heavy atom. The van der Waals surface area contributed by atoms with Gasteiger partial charge in [-0.2, -0.15) is 0 Å². The molecule has 1 atom stereocenters. The second kappa shape index (κ2) is 4.31. The lowest BCUT2D eigenvalue weighted by Gasteiger charge is -2.11. The van der Waals surface area contributed by atoms with E-state index < -0.39 is 5.97 Å². The molecule has 1 heterocycles. The molecule has 0 fully saturated rings. The van der Waals surface area contributed by atoms with Gasteiger partial charge in [0.1, 0.15) is 5.76 Å². The van der Waals surface area contributed by atoms with Crippen molar-refractivity contribution < 1.29 is 13.9 Å². The van der Waals surface area contributed by atoms with E-state index in [0.717, 1.165) is 5.76 Å². The number of furan rings is 1. The molecule has 1 unspecified atom stereocenters. The second-order valence-corrected chi connectivity index (χ2v) is 3.73. The lowest BCUT2D eigenvalue weighted by molar-refractivity contribution is 0.0562. The number of hydrogen-bond donors (Lipinski definition) is 0. The number of carbonyl (C=O) groups is 1. The quantitative estimate of drug-likeness (QED) is 0.698. The highest BCUT2D eigenvalue weighted by molar-refractivity contribution is 5.86. The molecule has 0 bridgehead atoms. The number of rotatable bonds is 3. The minimum absolute atomic E-state index is 0.273. The molecule has 0 radical (unpaired) electrons. The molecule has 0 saturated heterocycles. The summed E-state index contributed by atoms with van der Waals surface area (Å²) >= 11 is 0. The smallest absolute Gasteiger partial charge is 0.373 e. The van der Waals surface area contributed by atoms with Gasteiger partial charge in [-0.1, -0.05) is 20.8 Å². The summed E-state index contributed by atoms with van der Waals surface area (Å²) in [5.41, 5.74) is 0. The zero-order valence-corrected chi connectivity index (χ0v) is 9.03.